The molecular weight excluding hydrogens is 462 g/mol. The van der Waals surface area contributed by atoms with Crippen molar-refractivity contribution in [1.29, 1.82) is 0 Å². The summed E-state index contributed by atoms with van der Waals surface area (Å²) in [7, 11) is -5.76. The van der Waals surface area contributed by atoms with E-state index in [4.69, 9.17) is 4.98 Å². The number of sulfonamides is 1. The zero-order chi connectivity index (χ0) is 23.2. The Bertz CT molecular complexity index is 1410. The summed E-state index contributed by atoms with van der Waals surface area (Å²) >= 11 is 0. The van der Waals surface area contributed by atoms with Gasteiger partial charge < -0.3 is 4.90 Å². The molecule has 176 valence electrons. The zero-order valence-electron chi connectivity index (χ0n) is 18.6. The van der Waals surface area contributed by atoms with E-state index in [9.17, 15) is 12.6 Å². The normalized spacial score (nSPS) is 19.7. The molecule has 2 fully saturated rings. The number of piperidine rings is 1. The first-order chi connectivity index (χ1) is 15.7. The molecule has 1 aliphatic carbocycles. The molecule has 4 heterocycles. The van der Waals surface area contributed by atoms with Gasteiger partial charge >= 0.3 is 0 Å². The number of nitrogens with one attached hydrogen (secondary N) is 1. The van der Waals surface area contributed by atoms with E-state index in [1.165, 1.54) is 0 Å². The molecule has 3 aromatic heterocycles. The van der Waals surface area contributed by atoms with Gasteiger partial charge in [-0.15, -0.1) is 0 Å². The monoisotopic (exact) mass is 489 g/mol. The molecule has 0 bridgehead atoms. The maximum Gasteiger partial charge on any atom is 0.242 e. The summed E-state index contributed by atoms with van der Waals surface area (Å²) in [4.78, 5) is 15.9. The lowest BCUT2D eigenvalue weighted by Crippen LogP contribution is -2.38. The highest BCUT2D eigenvalue weighted by Crippen LogP contribution is 2.26. The minimum atomic E-state index is -3.59. The third-order valence-corrected chi connectivity index (χ3v) is 7.99. The highest BCUT2D eigenvalue weighted by molar-refractivity contribution is 7.92. The van der Waals surface area contributed by atoms with Crippen LogP contribution < -0.4 is 9.62 Å². The summed E-state index contributed by atoms with van der Waals surface area (Å²) in [5.74, 6) is 1.21. The van der Waals surface area contributed by atoms with Crippen LogP contribution in [0.4, 0.5) is 5.82 Å². The minimum Gasteiger partial charge on any atom is -0.354 e. The van der Waals surface area contributed by atoms with E-state index in [0.717, 1.165) is 38.0 Å². The van der Waals surface area contributed by atoms with E-state index in [1.54, 1.807) is 47.6 Å². The van der Waals surface area contributed by atoms with Gasteiger partial charge in [0.2, 0.25) is 10.0 Å². The van der Waals surface area contributed by atoms with Crippen LogP contribution in [0.3, 0.4) is 0 Å². The molecule has 3 aromatic rings. The van der Waals surface area contributed by atoms with Gasteiger partial charge in [-0.1, -0.05) is 0 Å². The van der Waals surface area contributed by atoms with Gasteiger partial charge in [-0.25, -0.2) is 32.5 Å². The molecule has 1 aliphatic heterocycles. The van der Waals surface area contributed by atoms with Crippen LogP contribution in [0.5, 0.6) is 0 Å². The van der Waals surface area contributed by atoms with Crippen LogP contribution in [-0.4, -0.2) is 69.7 Å². The molecule has 33 heavy (non-hydrogen) atoms. The van der Waals surface area contributed by atoms with Gasteiger partial charge in [0.1, 0.15) is 17.2 Å². The molecule has 2 aliphatic rings. The first kappa shape index (κ1) is 22.2. The lowest BCUT2D eigenvalue weighted by Gasteiger charge is -2.31. The average Bonchev–Trinajstić information content (AvgIpc) is 3.46. The number of rotatable bonds is 6. The van der Waals surface area contributed by atoms with Crippen LogP contribution in [0.15, 0.2) is 46.0 Å². The molecule has 0 aromatic carbocycles. The fraction of sp³-hybridized carbons (Fsp3) is 0.476. The Morgan fingerprint density at radius 3 is 2.67 bits per heavy atom. The predicted octanol–water partition coefficient (Wildman–Crippen LogP) is 1.93. The fourth-order valence-corrected chi connectivity index (χ4v) is 6.22. The molecule has 0 amide bonds. The van der Waals surface area contributed by atoms with Gasteiger partial charge in [-0.3, -0.25) is 8.61 Å². The molecule has 0 unspecified atom stereocenters. The smallest absolute Gasteiger partial charge is 0.242 e. The summed E-state index contributed by atoms with van der Waals surface area (Å²) in [5.41, 5.74) is 1.22. The second-order valence-electron chi connectivity index (χ2n) is 8.90. The van der Waals surface area contributed by atoms with Crippen LogP contribution in [0.2, 0.25) is 0 Å². The van der Waals surface area contributed by atoms with E-state index in [-0.39, 0.29) is 17.0 Å². The minimum absolute atomic E-state index is 0.00203. The molecule has 0 spiro atoms. The number of anilines is 1. The van der Waals surface area contributed by atoms with Crippen molar-refractivity contribution in [2.24, 2.45) is 4.36 Å². The van der Waals surface area contributed by atoms with Gasteiger partial charge in [-0.2, -0.15) is 0 Å². The molecule has 0 radical (unpaired) electrons. The lowest BCUT2D eigenvalue weighted by molar-refractivity contribution is 0.506. The van der Waals surface area contributed by atoms with Crippen molar-refractivity contribution >= 4 is 31.2 Å². The zero-order valence-corrected chi connectivity index (χ0v) is 20.2. The van der Waals surface area contributed by atoms with E-state index in [0.29, 0.717) is 23.7 Å². The van der Waals surface area contributed by atoms with Crippen molar-refractivity contribution in [2.45, 2.75) is 42.7 Å². The maximum absolute atomic E-state index is 12.7. The van der Waals surface area contributed by atoms with Gasteiger partial charge in [0.25, 0.3) is 0 Å². The standard InChI is InChI=1S/C21H27N7O3S2/c1-32(2,29)25-16-4-3-11-27(13-16)20-9-10-22-21(24-20)18-12-23-19-8-7-17(14-28(18)19)33(30,31)26-15-5-6-15/h7-10,12,14-16,26H,3-6,11,13H2,1-2H3/t16-/m1/s1. The van der Waals surface area contributed by atoms with E-state index in [1.807, 2.05) is 6.07 Å². The molecule has 1 N–H and O–H groups in total. The average molecular weight is 490 g/mol. The third kappa shape index (κ3) is 5.02. The molecular formula is C21H27N7O3S2. The van der Waals surface area contributed by atoms with Gasteiger partial charge in [0.05, 0.1) is 17.1 Å². The number of fused-ring (bicyclic) bond motifs is 1. The Hall–Kier alpha value is -2.57. The third-order valence-electron chi connectivity index (χ3n) is 5.68. The van der Waals surface area contributed by atoms with Gasteiger partial charge in [0, 0.05) is 53.8 Å². The number of imidazole rings is 1. The Labute approximate surface area is 193 Å². The number of hydrogen-bond acceptors (Lipinski definition) is 8. The van der Waals surface area contributed by atoms with Crippen molar-refractivity contribution in [2.75, 3.05) is 30.5 Å². The van der Waals surface area contributed by atoms with Crippen LogP contribution in [0.1, 0.15) is 25.7 Å². The van der Waals surface area contributed by atoms with Crippen molar-refractivity contribution in [1.82, 2.24) is 24.1 Å². The lowest BCUT2D eigenvalue weighted by atomic mass is 10.1. The number of hydrogen-bond donors (Lipinski definition) is 1. The van der Waals surface area contributed by atoms with Crippen LogP contribution in [-0.2, 0) is 19.8 Å². The molecule has 1 saturated carbocycles. The second-order valence-corrected chi connectivity index (χ2v) is 13.2. The van der Waals surface area contributed by atoms with Gasteiger partial charge in [0.15, 0.2) is 5.82 Å². The van der Waals surface area contributed by atoms with Crippen molar-refractivity contribution < 1.29 is 12.6 Å². The predicted molar refractivity (Wildman–Crippen MR) is 127 cm³/mol. The topological polar surface area (TPSA) is 122 Å². The Balaban J connectivity index is 1.46. The summed E-state index contributed by atoms with van der Waals surface area (Å²) < 4.78 is 46.4. The molecule has 1 saturated heterocycles. The SMILES string of the molecule is CS(C)(=O)=N[C@@H]1CCCN(c2ccnc(-c3cnc4ccc(S(=O)(=O)NC5CC5)cn34)n2)C1. The highest BCUT2D eigenvalue weighted by atomic mass is 32.2. The number of nitrogens with zero attached hydrogens (tertiary/aromatic N) is 6. The first-order valence-corrected chi connectivity index (χ1v) is 14.7. The van der Waals surface area contributed by atoms with Crippen molar-refractivity contribution in [3.63, 3.8) is 0 Å². The molecule has 12 heteroatoms. The molecule has 5 rings (SSSR count). The Morgan fingerprint density at radius 1 is 1.09 bits per heavy atom. The van der Waals surface area contributed by atoms with E-state index >= 15 is 0 Å². The number of aromatic nitrogens is 4. The van der Waals surface area contributed by atoms with Gasteiger partial charge in [-0.05, 0) is 43.9 Å². The largest absolute Gasteiger partial charge is 0.354 e. The maximum atomic E-state index is 12.7. The summed E-state index contributed by atoms with van der Waals surface area (Å²) in [6, 6.07) is 5.12. The molecule has 10 nitrogen and oxygen atoms in total. The van der Waals surface area contributed by atoms with Crippen molar-refractivity contribution in [3.05, 3.63) is 36.8 Å². The summed E-state index contributed by atoms with van der Waals surface area (Å²) in [6.45, 7) is 1.48. The summed E-state index contributed by atoms with van der Waals surface area (Å²) in [6.07, 6.45) is 11.8. The Kier molecular flexibility index (Phi) is 5.61. The van der Waals surface area contributed by atoms with E-state index in [2.05, 4.69) is 24.0 Å². The first-order valence-electron chi connectivity index (χ1n) is 10.9. The van der Waals surface area contributed by atoms with Crippen LogP contribution in [0, 0.1) is 0 Å². The van der Waals surface area contributed by atoms with Crippen LogP contribution in [0.25, 0.3) is 17.2 Å². The fourth-order valence-electron chi connectivity index (χ4n) is 4.03. The second kappa shape index (κ2) is 8.33. The molecule has 1 atom stereocenters. The quantitative estimate of drug-likeness (QED) is 0.561. The Morgan fingerprint density at radius 2 is 1.91 bits per heavy atom. The van der Waals surface area contributed by atoms with Crippen molar-refractivity contribution in [3.8, 4) is 11.5 Å². The summed E-state index contributed by atoms with van der Waals surface area (Å²) in [5, 5.41) is 0. The van der Waals surface area contributed by atoms with Crippen LogP contribution >= 0.6 is 0 Å². The highest BCUT2D eigenvalue weighted by Gasteiger charge is 2.28. The van der Waals surface area contributed by atoms with E-state index < -0.39 is 19.8 Å². The number of pyridine rings is 1.